The van der Waals surface area contributed by atoms with Gasteiger partial charge in [-0.25, -0.2) is 0 Å². The molecule has 2 aromatic carbocycles. The van der Waals surface area contributed by atoms with Crippen molar-refractivity contribution in [3.63, 3.8) is 0 Å². The highest BCUT2D eigenvalue weighted by Crippen LogP contribution is 2.25. The summed E-state index contributed by atoms with van der Waals surface area (Å²) in [5.41, 5.74) is 1.56. The summed E-state index contributed by atoms with van der Waals surface area (Å²) in [5, 5.41) is 16.4. The number of rotatable bonds is 6. The van der Waals surface area contributed by atoms with Gasteiger partial charge in [-0.3, -0.25) is 4.79 Å². The smallest absolute Gasteiger partial charge is 0.251 e. The Morgan fingerprint density at radius 1 is 1.17 bits per heavy atom. The van der Waals surface area contributed by atoms with Crippen LogP contribution in [0.25, 0.3) is 10.1 Å². The van der Waals surface area contributed by atoms with Crippen LogP contribution in [0.15, 0.2) is 54.6 Å². The fourth-order valence-corrected chi connectivity index (χ4v) is 3.41. The predicted octanol–water partition coefficient (Wildman–Crippen LogP) is 3.62. The van der Waals surface area contributed by atoms with Crippen LogP contribution >= 0.6 is 11.3 Å². The molecule has 5 heteroatoms. The topological polar surface area (TPSA) is 61.4 Å². The van der Waals surface area contributed by atoms with Crippen LogP contribution in [0.5, 0.6) is 0 Å². The second kappa shape index (κ2) is 7.47. The fourth-order valence-electron chi connectivity index (χ4n) is 2.41. The van der Waals surface area contributed by atoms with Gasteiger partial charge in [0.05, 0.1) is 6.61 Å². The Labute approximate surface area is 145 Å². The number of carbonyl (C=O) groups is 1. The Bertz CT molecular complexity index is 794. The lowest BCUT2D eigenvalue weighted by atomic mass is 10.2. The van der Waals surface area contributed by atoms with E-state index in [2.05, 4.69) is 34.9 Å². The van der Waals surface area contributed by atoms with Gasteiger partial charge in [0, 0.05) is 33.4 Å². The second-order valence-electron chi connectivity index (χ2n) is 5.74. The number of thiophene rings is 1. The zero-order valence-electron chi connectivity index (χ0n) is 13.5. The van der Waals surface area contributed by atoms with Gasteiger partial charge in [-0.1, -0.05) is 18.2 Å². The quantitative estimate of drug-likeness (QED) is 0.642. The summed E-state index contributed by atoms with van der Waals surface area (Å²) in [7, 11) is 0. The fraction of sp³-hybridized carbons (Fsp3) is 0.211. The molecule has 0 aliphatic rings. The zero-order valence-corrected chi connectivity index (χ0v) is 14.3. The van der Waals surface area contributed by atoms with Gasteiger partial charge < -0.3 is 15.7 Å². The highest BCUT2D eigenvalue weighted by atomic mass is 32.1. The lowest BCUT2D eigenvalue weighted by Crippen LogP contribution is -2.34. The van der Waals surface area contributed by atoms with Crippen LogP contribution in [0.1, 0.15) is 22.2 Å². The first-order chi connectivity index (χ1) is 11.7. The van der Waals surface area contributed by atoms with E-state index in [1.807, 2.05) is 18.2 Å². The standard InChI is InChI=1S/C19H20N2O2S/c1-13(12-22)21-19(23)14-6-8-16(9-7-14)20-11-17-10-15-4-2-3-5-18(15)24-17/h2-10,13,20,22H,11-12H2,1H3,(H,21,23)/t13-/m0/s1. The molecule has 124 valence electrons. The molecule has 24 heavy (non-hydrogen) atoms. The van der Waals surface area contributed by atoms with Crippen LogP contribution in [-0.4, -0.2) is 23.7 Å². The molecule has 0 bridgehead atoms. The first-order valence-corrected chi connectivity index (χ1v) is 8.70. The van der Waals surface area contributed by atoms with E-state index in [9.17, 15) is 4.79 Å². The number of aliphatic hydroxyl groups is 1. The van der Waals surface area contributed by atoms with E-state index in [0.29, 0.717) is 5.56 Å². The largest absolute Gasteiger partial charge is 0.394 e. The van der Waals surface area contributed by atoms with Gasteiger partial charge in [0.15, 0.2) is 0 Å². The van der Waals surface area contributed by atoms with Crippen molar-refractivity contribution in [2.24, 2.45) is 0 Å². The monoisotopic (exact) mass is 340 g/mol. The summed E-state index contributed by atoms with van der Waals surface area (Å²) in [4.78, 5) is 13.2. The van der Waals surface area contributed by atoms with E-state index in [1.165, 1.54) is 15.0 Å². The predicted molar refractivity (Wildman–Crippen MR) is 99.6 cm³/mol. The number of anilines is 1. The lowest BCUT2D eigenvalue weighted by Gasteiger charge is -2.11. The number of benzene rings is 2. The molecule has 0 aliphatic carbocycles. The van der Waals surface area contributed by atoms with Gasteiger partial charge in [0.2, 0.25) is 0 Å². The van der Waals surface area contributed by atoms with E-state index < -0.39 is 0 Å². The number of hydrogen-bond donors (Lipinski definition) is 3. The molecule has 0 spiro atoms. The minimum atomic E-state index is -0.247. The number of fused-ring (bicyclic) bond motifs is 1. The Kier molecular flexibility index (Phi) is 5.13. The van der Waals surface area contributed by atoms with Gasteiger partial charge in [-0.2, -0.15) is 0 Å². The van der Waals surface area contributed by atoms with Crippen molar-refractivity contribution in [3.8, 4) is 0 Å². The maximum Gasteiger partial charge on any atom is 0.251 e. The maximum absolute atomic E-state index is 12.0. The van der Waals surface area contributed by atoms with E-state index in [0.717, 1.165) is 12.2 Å². The molecular formula is C19H20N2O2S. The van der Waals surface area contributed by atoms with Crippen molar-refractivity contribution in [1.82, 2.24) is 5.32 Å². The Morgan fingerprint density at radius 2 is 1.92 bits per heavy atom. The molecule has 1 amide bonds. The minimum absolute atomic E-state index is 0.0689. The molecule has 1 aromatic heterocycles. The third-order valence-electron chi connectivity index (χ3n) is 3.74. The maximum atomic E-state index is 12.0. The lowest BCUT2D eigenvalue weighted by molar-refractivity contribution is 0.0922. The molecule has 3 N–H and O–H groups in total. The summed E-state index contributed by atoms with van der Waals surface area (Å²) in [6.45, 7) is 2.45. The van der Waals surface area contributed by atoms with E-state index >= 15 is 0 Å². The van der Waals surface area contributed by atoms with Crippen molar-refractivity contribution in [2.45, 2.75) is 19.5 Å². The molecular weight excluding hydrogens is 320 g/mol. The van der Waals surface area contributed by atoms with Crippen molar-refractivity contribution >= 4 is 33.0 Å². The van der Waals surface area contributed by atoms with Crippen LogP contribution in [0.3, 0.4) is 0 Å². The molecule has 0 fully saturated rings. The van der Waals surface area contributed by atoms with E-state index in [-0.39, 0.29) is 18.6 Å². The molecule has 3 aromatic rings. The van der Waals surface area contributed by atoms with E-state index in [4.69, 9.17) is 5.11 Å². The molecule has 0 radical (unpaired) electrons. The van der Waals surface area contributed by atoms with Crippen LogP contribution in [0.2, 0.25) is 0 Å². The first-order valence-electron chi connectivity index (χ1n) is 7.89. The van der Waals surface area contributed by atoms with Gasteiger partial charge >= 0.3 is 0 Å². The zero-order chi connectivity index (χ0) is 16.9. The average Bonchev–Trinajstić information content (AvgIpc) is 3.03. The molecule has 0 unspecified atom stereocenters. The van der Waals surface area contributed by atoms with Gasteiger partial charge in [-0.15, -0.1) is 11.3 Å². The molecule has 0 saturated heterocycles. The van der Waals surface area contributed by atoms with Gasteiger partial charge in [-0.05, 0) is 48.7 Å². The molecule has 4 nitrogen and oxygen atoms in total. The van der Waals surface area contributed by atoms with Crippen molar-refractivity contribution in [2.75, 3.05) is 11.9 Å². The van der Waals surface area contributed by atoms with Crippen LogP contribution < -0.4 is 10.6 Å². The minimum Gasteiger partial charge on any atom is -0.394 e. The second-order valence-corrected chi connectivity index (χ2v) is 6.91. The summed E-state index contributed by atoms with van der Waals surface area (Å²) in [5.74, 6) is -0.174. The summed E-state index contributed by atoms with van der Waals surface area (Å²) < 4.78 is 1.29. The molecule has 1 atom stereocenters. The molecule has 3 rings (SSSR count). The van der Waals surface area contributed by atoms with Crippen LogP contribution in [0, 0.1) is 0 Å². The van der Waals surface area contributed by atoms with Gasteiger partial charge in [0.25, 0.3) is 5.91 Å². The number of amides is 1. The van der Waals surface area contributed by atoms with Crippen molar-refractivity contribution in [1.29, 1.82) is 0 Å². The first kappa shape index (κ1) is 16.5. The third-order valence-corrected chi connectivity index (χ3v) is 4.86. The number of hydrogen-bond acceptors (Lipinski definition) is 4. The molecule has 0 saturated carbocycles. The van der Waals surface area contributed by atoms with Crippen molar-refractivity contribution in [3.05, 3.63) is 65.0 Å². The highest BCUT2D eigenvalue weighted by molar-refractivity contribution is 7.19. The number of carbonyl (C=O) groups excluding carboxylic acids is 1. The summed E-state index contributed by atoms with van der Waals surface area (Å²) in [6, 6.07) is 17.7. The average molecular weight is 340 g/mol. The normalized spacial score (nSPS) is 12.1. The molecule has 1 heterocycles. The summed E-state index contributed by atoms with van der Waals surface area (Å²) in [6.07, 6.45) is 0. The Hall–Kier alpha value is -2.37. The van der Waals surface area contributed by atoms with E-state index in [1.54, 1.807) is 30.4 Å². The van der Waals surface area contributed by atoms with Crippen LogP contribution in [-0.2, 0) is 6.54 Å². The number of aliphatic hydroxyl groups excluding tert-OH is 1. The van der Waals surface area contributed by atoms with Gasteiger partial charge in [0.1, 0.15) is 0 Å². The van der Waals surface area contributed by atoms with Crippen LogP contribution in [0.4, 0.5) is 5.69 Å². The third kappa shape index (κ3) is 3.93. The molecule has 0 aliphatic heterocycles. The SMILES string of the molecule is C[C@@H](CO)NC(=O)c1ccc(NCc2cc3ccccc3s2)cc1. The number of nitrogens with one attached hydrogen (secondary N) is 2. The van der Waals surface area contributed by atoms with Crippen molar-refractivity contribution < 1.29 is 9.90 Å². The highest BCUT2D eigenvalue weighted by Gasteiger charge is 2.08. The summed E-state index contributed by atoms with van der Waals surface area (Å²) >= 11 is 1.78. The Balaban J connectivity index is 1.60. The Morgan fingerprint density at radius 3 is 2.62 bits per heavy atom.